The van der Waals surface area contributed by atoms with Crippen molar-refractivity contribution in [3.63, 3.8) is 0 Å². The molecule has 1 unspecified atom stereocenters. The summed E-state index contributed by atoms with van der Waals surface area (Å²) in [6.07, 6.45) is 8.63. The fourth-order valence-corrected chi connectivity index (χ4v) is 3.09. The second kappa shape index (κ2) is 6.77. The average molecular weight is 298 g/mol. The Hall–Kier alpha value is -2.10. The van der Waals surface area contributed by atoms with Crippen LogP contribution in [0.4, 0.5) is 5.69 Å². The average Bonchev–Trinajstić information content (AvgIpc) is 3.17. The standard InChI is InChI=1S/C18H22N2O2/c21-17(12-14-4-1-2-5-14)19-13-15-7-9-16(10-8-15)20-11-3-6-18(20)22/h1,4,7-10,14H,2-3,5-6,11-13H2,(H,19,21). The number of nitrogens with one attached hydrogen (secondary N) is 1. The maximum Gasteiger partial charge on any atom is 0.227 e. The van der Waals surface area contributed by atoms with Gasteiger partial charge in [0.2, 0.25) is 11.8 Å². The van der Waals surface area contributed by atoms with Crippen LogP contribution in [0.15, 0.2) is 36.4 Å². The molecule has 1 aromatic carbocycles. The molecule has 2 amide bonds. The lowest BCUT2D eigenvalue weighted by molar-refractivity contribution is -0.122. The predicted octanol–water partition coefficient (Wildman–Crippen LogP) is 2.79. The van der Waals surface area contributed by atoms with Crippen molar-refractivity contribution in [3.05, 3.63) is 42.0 Å². The van der Waals surface area contributed by atoms with Gasteiger partial charge < -0.3 is 10.2 Å². The molecule has 0 saturated carbocycles. The molecule has 0 spiro atoms. The summed E-state index contributed by atoms with van der Waals surface area (Å²) < 4.78 is 0. The van der Waals surface area contributed by atoms with Crippen molar-refractivity contribution < 1.29 is 9.59 Å². The fraction of sp³-hybridized carbons (Fsp3) is 0.444. The predicted molar refractivity (Wildman–Crippen MR) is 86.4 cm³/mol. The molecule has 1 aromatic rings. The van der Waals surface area contributed by atoms with Crippen LogP contribution in [0, 0.1) is 5.92 Å². The number of amides is 2. The normalized spacial score (nSPS) is 20.6. The molecule has 3 rings (SSSR count). The Morgan fingerprint density at radius 1 is 1.27 bits per heavy atom. The Balaban J connectivity index is 1.49. The third-order valence-electron chi connectivity index (χ3n) is 4.37. The van der Waals surface area contributed by atoms with E-state index in [-0.39, 0.29) is 11.8 Å². The Bertz CT molecular complexity index is 577. The van der Waals surface area contributed by atoms with Crippen LogP contribution in [0.1, 0.15) is 37.7 Å². The second-order valence-electron chi connectivity index (χ2n) is 6.06. The minimum Gasteiger partial charge on any atom is -0.352 e. The lowest BCUT2D eigenvalue weighted by Crippen LogP contribution is -2.25. The van der Waals surface area contributed by atoms with Crippen LogP contribution in [-0.2, 0) is 16.1 Å². The quantitative estimate of drug-likeness (QED) is 0.850. The van der Waals surface area contributed by atoms with Crippen molar-refractivity contribution in [2.45, 2.75) is 38.6 Å². The maximum atomic E-state index is 11.9. The number of hydrogen-bond acceptors (Lipinski definition) is 2. The van der Waals surface area contributed by atoms with E-state index >= 15 is 0 Å². The van der Waals surface area contributed by atoms with E-state index in [0.717, 1.165) is 37.1 Å². The van der Waals surface area contributed by atoms with Gasteiger partial charge in [0, 0.05) is 31.6 Å². The number of carbonyl (C=O) groups excluding carboxylic acids is 2. The molecule has 1 aliphatic carbocycles. The zero-order chi connectivity index (χ0) is 15.4. The first-order valence-electron chi connectivity index (χ1n) is 8.05. The second-order valence-corrected chi connectivity index (χ2v) is 6.06. The number of carbonyl (C=O) groups is 2. The summed E-state index contributed by atoms with van der Waals surface area (Å²) in [5, 5.41) is 2.97. The van der Waals surface area contributed by atoms with Crippen LogP contribution in [0.2, 0.25) is 0 Å². The molecule has 0 bridgehead atoms. The topological polar surface area (TPSA) is 49.4 Å². The van der Waals surface area contributed by atoms with E-state index in [2.05, 4.69) is 17.5 Å². The van der Waals surface area contributed by atoms with E-state index < -0.39 is 0 Å². The molecule has 4 heteroatoms. The van der Waals surface area contributed by atoms with E-state index in [1.165, 1.54) is 0 Å². The van der Waals surface area contributed by atoms with E-state index in [9.17, 15) is 9.59 Å². The number of hydrogen-bond donors (Lipinski definition) is 1. The van der Waals surface area contributed by atoms with Gasteiger partial charge in [-0.1, -0.05) is 24.3 Å². The minimum absolute atomic E-state index is 0.107. The van der Waals surface area contributed by atoms with Crippen molar-refractivity contribution in [1.82, 2.24) is 5.32 Å². The highest BCUT2D eigenvalue weighted by Gasteiger charge is 2.21. The third kappa shape index (κ3) is 3.56. The third-order valence-corrected chi connectivity index (χ3v) is 4.37. The molecule has 1 atom stereocenters. The van der Waals surface area contributed by atoms with Gasteiger partial charge in [-0.25, -0.2) is 0 Å². The smallest absolute Gasteiger partial charge is 0.227 e. The van der Waals surface area contributed by atoms with Crippen LogP contribution in [0.3, 0.4) is 0 Å². The highest BCUT2D eigenvalue weighted by molar-refractivity contribution is 5.95. The Kier molecular flexibility index (Phi) is 4.56. The maximum absolute atomic E-state index is 11.9. The Morgan fingerprint density at radius 2 is 2.09 bits per heavy atom. The summed E-state index contributed by atoms with van der Waals surface area (Å²) >= 11 is 0. The fourth-order valence-electron chi connectivity index (χ4n) is 3.09. The van der Waals surface area contributed by atoms with Crippen LogP contribution >= 0.6 is 0 Å². The lowest BCUT2D eigenvalue weighted by atomic mass is 10.1. The van der Waals surface area contributed by atoms with Gasteiger partial charge >= 0.3 is 0 Å². The molecule has 1 aliphatic heterocycles. The molecule has 1 heterocycles. The van der Waals surface area contributed by atoms with Crippen LogP contribution in [-0.4, -0.2) is 18.4 Å². The van der Waals surface area contributed by atoms with Crippen molar-refractivity contribution in [3.8, 4) is 0 Å². The van der Waals surface area contributed by atoms with Gasteiger partial charge in [0.15, 0.2) is 0 Å². The summed E-state index contributed by atoms with van der Waals surface area (Å²) in [7, 11) is 0. The van der Waals surface area contributed by atoms with Gasteiger partial charge in [0.05, 0.1) is 0 Å². The molecule has 0 aromatic heterocycles. The van der Waals surface area contributed by atoms with E-state index in [1.807, 2.05) is 29.2 Å². The number of anilines is 1. The zero-order valence-corrected chi connectivity index (χ0v) is 12.8. The molecule has 1 saturated heterocycles. The highest BCUT2D eigenvalue weighted by atomic mass is 16.2. The molecule has 2 aliphatic rings. The minimum atomic E-state index is 0.107. The SMILES string of the molecule is O=C(CC1C=CCC1)NCc1ccc(N2CCCC2=O)cc1. The van der Waals surface area contributed by atoms with Gasteiger partial charge in [0.25, 0.3) is 0 Å². The number of rotatable bonds is 5. The van der Waals surface area contributed by atoms with E-state index in [4.69, 9.17) is 0 Å². The van der Waals surface area contributed by atoms with Crippen molar-refractivity contribution >= 4 is 17.5 Å². The first-order valence-corrected chi connectivity index (χ1v) is 8.05. The van der Waals surface area contributed by atoms with Crippen molar-refractivity contribution in [1.29, 1.82) is 0 Å². The van der Waals surface area contributed by atoms with Gasteiger partial charge in [0.1, 0.15) is 0 Å². The van der Waals surface area contributed by atoms with Crippen molar-refractivity contribution in [2.75, 3.05) is 11.4 Å². The number of nitrogens with zero attached hydrogens (tertiary/aromatic N) is 1. The molecule has 1 N–H and O–H groups in total. The summed E-state index contributed by atoms with van der Waals surface area (Å²) in [6, 6.07) is 7.89. The summed E-state index contributed by atoms with van der Waals surface area (Å²) in [6.45, 7) is 1.35. The first-order chi connectivity index (χ1) is 10.7. The highest BCUT2D eigenvalue weighted by Crippen LogP contribution is 2.22. The molecule has 22 heavy (non-hydrogen) atoms. The first kappa shape index (κ1) is 14.8. The molecule has 4 nitrogen and oxygen atoms in total. The molecular weight excluding hydrogens is 276 g/mol. The molecular formula is C18H22N2O2. The lowest BCUT2D eigenvalue weighted by Gasteiger charge is -2.16. The van der Waals surface area contributed by atoms with E-state index in [0.29, 0.717) is 25.3 Å². The largest absolute Gasteiger partial charge is 0.352 e. The zero-order valence-electron chi connectivity index (χ0n) is 12.8. The van der Waals surface area contributed by atoms with Crippen LogP contribution in [0.5, 0.6) is 0 Å². The Morgan fingerprint density at radius 3 is 2.73 bits per heavy atom. The molecule has 0 radical (unpaired) electrons. The van der Waals surface area contributed by atoms with Gasteiger partial charge in [-0.2, -0.15) is 0 Å². The number of benzene rings is 1. The summed E-state index contributed by atoms with van der Waals surface area (Å²) in [4.78, 5) is 25.4. The molecule has 116 valence electrons. The monoisotopic (exact) mass is 298 g/mol. The van der Waals surface area contributed by atoms with E-state index in [1.54, 1.807) is 0 Å². The summed E-state index contributed by atoms with van der Waals surface area (Å²) in [5.74, 6) is 0.713. The van der Waals surface area contributed by atoms with Gasteiger partial charge in [-0.3, -0.25) is 9.59 Å². The molecule has 1 fully saturated rings. The van der Waals surface area contributed by atoms with Gasteiger partial charge in [-0.05, 0) is 42.9 Å². The van der Waals surface area contributed by atoms with Crippen molar-refractivity contribution in [2.24, 2.45) is 5.92 Å². The van der Waals surface area contributed by atoms with Gasteiger partial charge in [-0.15, -0.1) is 0 Å². The number of allylic oxidation sites excluding steroid dienone is 2. The van der Waals surface area contributed by atoms with Crippen LogP contribution < -0.4 is 10.2 Å². The van der Waals surface area contributed by atoms with Crippen LogP contribution in [0.25, 0.3) is 0 Å². The summed E-state index contributed by atoms with van der Waals surface area (Å²) in [5.41, 5.74) is 2.01. The Labute approximate surface area is 131 Å².